The predicted molar refractivity (Wildman–Crippen MR) is 118 cm³/mol. The summed E-state index contributed by atoms with van der Waals surface area (Å²) in [6.07, 6.45) is 2.90. The minimum atomic E-state index is -3.94. The number of imide groups is 1. The number of benzene rings is 2. The van der Waals surface area contributed by atoms with E-state index in [0.717, 1.165) is 23.8 Å². The van der Waals surface area contributed by atoms with Crippen LogP contribution in [0.2, 0.25) is 0 Å². The molecule has 11 heteroatoms. The van der Waals surface area contributed by atoms with Gasteiger partial charge in [-0.3, -0.25) is 19.2 Å². The summed E-state index contributed by atoms with van der Waals surface area (Å²) >= 11 is 0. The van der Waals surface area contributed by atoms with E-state index in [2.05, 4.69) is 15.4 Å². The Bertz CT molecular complexity index is 1190. The van der Waals surface area contributed by atoms with Crippen LogP contribution >= 0.6 is 0 Å². The first-order valence-electron chi connectivity index (χ1n) is 10.5. The molecule has 4 amide bonds. The maximum atomic E-state index is 13.3. The zero-order valence-corrected chi connectivity index (χ0v) is 18.5. The third kappa shape index (κ3) is 4.82. The van der Waals surface area contributed by atoms with Gasteiger partial charge >= 0.3 is 6.03 Å². The first kappa shape index (κ1) is 22.7. The molecule has 0 radical (unpaired) electrons. The minimum absolute atomic E-state index is 0.0394. The molecule has 9 nitrogen and oxygen atoms in total. The molecule has 2 aromatic rings. The zero-order chi connectivity index (χ0) is 23.6. The van der Waals surface area contributed by atoms with Crippen molar-refractivity contribution in [2.75, 3.05) is 16.6 Å². The van der Waals surface area contributed by atoms with Crippen LogP contribution in [-0.4, -0.2) is 43.2 Å². The molecule has 2 fully saturated rings. The molecule has 3 N–H and O–H groups in total. The van der Waals surface area contributed by atoms with Gasteiger partial charge in [-0.05, 0) is 55.3 Å². The molecule has 1 saturated heterocycles. The average molecular weight is 475 g/mol. The van der Waals surface area contributed by atoms with Crippen molar-refractivity contribution in [3.05, 3.63) is 54.3 Å². The van der Waals surface area contributed by atoms with E-state index in [9.17, 15) is 27.2 Å². The molecular formula is C22H23FN4O5S. The molecule has 2 aliphatic rings. The summed E-state index contributed by atoms with van der Waals surface area (Å²) in [5, 5.41) is 5.38. The van der Waals surface area contributed by atoms with Crippen molar-refractivity contribution in [2.24, 2.45) is 0 Å². The Morgan fingerprint density at radius 2 is 1.76 bits per heavy atom. The first-order valence-corrected chi connectivity index (χ1v) is 12.0. The number of nitrogens with zero attached hydrogens (tertiary/aromatic N) is 1. The van der Waals surface area contributed by atoms with E-state index < -0.39 is 33.3 Å². The van der Waals surface area contributed by atoms with Crippen molar-refractivity contribution in [3.8, 4) is 0 Å². The zero-order valence-electron chi connectivity index (χ0n) is 17.6. The van der Waals surface area contributed by atoms with Crippen LogP contribution in [0.3, 0.4) is 0 Å². The number of hydrogen-bond acceptors (Lipinski definition) is 5. The number of rotatable bonds is 7. The lowest BCUT2D eigenvalue weighted by atomic mass is 9.98. The van der Waals surface area contributed by atoms with Gasteiger partial charge in [0.25, 0.3) is 15.9 Å². The van der Waals surface area contributed by atoms with Crippen molar-refractivity contribution < 1.29 is 27.2 Å². The number of urea groups is 1. The molecule has 0 unspecified atom stereocenters. The van der Waals surface area contributed by atoms with Gasteiger partial charge < -0.3 is 10.6 Å². The lowest BCUT2D eigenvalue weighted by Crippen LogP contribution is -2.44. The van der Waals surface area contributed by atoms with Crippen molar-refractivity contribution in [1.82, 2.24) is 10.2 Å². The number of halogens is 1. The Morgan fingerprint density at radius 3 is 2.42 bits per heavy atom. The second-order valence-electron chi connectivity index (χ2n) is 8.11. The van der Waals surface area contributed by atoms with Crippen molar-refractivity contribution in [1.29, 1.82) is 0 Å². The molecule has 0 aromatic heterocycles. The lowest BCUT2D eigenvalue weighted by molar-refractivity contribution is -0.131. The largest absolute Gasteiger partial charge is 0.326 e. The van der Waals surface area contributed by atoms with E-state index in [1.165, 1.54) is 42.5 Å². The monoisotopic (exact) mass is 474 g/mol. The van der Waals surface area contributed by atoms with Crippen LogP contribution in [0.1, 0.15) is 32.1 Å². The highest BCUT2D eigenvalue weighted by molar-refractivity contribution is 7.92. The van der Waals surface area contributed by atoms with Gasteiger partial charge in [-0.15, -0.1) is 0 Å². The van der Waals surface area contributed by atoms with Gasteiger partial charge in [0, 0.05) is 18.7 Å². The quantitative estimate of drug-likeness (QED) is 0.532. The van der Waals surface area contributed by atoms with E-state index in [0.29, 0.717) is 18.5 Å². The summed E-state index contributed by atoms with van der Waals surface area (Å²) in [5.41, 5.74) is -0.365. The standard InChI is InChI=1S/C22H23FN4O5S/c23-15-4-3-5-17(14-15)26-33(31,32)18-8-6-16(7-9-18)24-19(28)10-13-27-20(29)22(25-21(27)30)11-1-2-12-22/h3-9,14,26H,1-2,10-13H2,(H,24,28)(H,25,30). The second kappa shape index (κ2) is 8.81. The Balaban J connectivity index is 1.33. The molecule has 1 heterocycles. The summed E-state index contributed by atoms with van der Waals surface area (Å²) in [6.45, 7) is -0.0394. The number of carbonyl (C=O) groups is 3. The number of anilines is 2. The van der Waals surface area contributed by atoms with Crippen LogP contribution in [0.25, 0.3) is 0 Å². The molecule has 33 heavy (non-hydrogen) atoms. The summed E-state index contributed by atoms with van der Waals surface area (Å²) in [4.78, 5) is 38.1. The maximum absolute atomic E-state index is 13.3. The van der Waals surface area contributed by atoms with Crippen LogP contribution in [0.4, 0.5) is 20.6 Å². The first-order chi connectivity index (χ1) is 15.7. The van der Waals surface area contributed by atoms with E-state index in [4.69, 9.17) is 0 Å². The fourth-order valence-corrected chi connectivity index (χ4v) is 5.17. The molecule has 4 rings (SSSR count). The Labute approximate surface area is 190 Å². The molecule has 2 aromatic carbocycles. The highest BCUT2D eigenvalue weighted by Crippen LogP contribution is 2.35. The van der Waals surface area contributed by atoms with Crippen LogP contribution in [0.15, 0.2) is 53.4 Å². The number of hydrogen-bond donors (Lipinski definition) is 3. The summed E-state index contributed by atoms with van der Waals surface area (Å²) in [7, 11) is -3.94. The SMILES string of the molecule is O=C(CCN1C(=O)NC2(CCCC2)C1=O)Nc1ccc(S(=O)(=O)Nc2cccc(F)c2)cc1. The summed E-state index contributed by atoms with van der Waals surface area (Å²) in [6, 6.07) is 10.0. The van der Waals surface area contributed by atoms with E-state index in [1.54, 1.807) is 0 Å². The molecule has 0 atom stereocenters. The third-order valence-electron chi connectivity index (χ3n) is 5.79. The Morgan fingerprint density at radius 1 is 1.06 bits per heavy atom. The normalized spacial score (nSPS) is 17.3. The Kier molecular flexibility index (Phi) is 6.07. The summed E-state index contributed by atoms with van der Waals surface area (Å²) in [5.74, 6) is -1.27. The number of sulfonamides is 1. The van der Waals surface area contributed by atoms with E-state index >= 15 is 0 Å². The van der Waals surface area contributed by atoms with Gasteiger partial charge in [-0.1, -0.05) is 18.9 Å². The van der Waals surface area contributed by atoms with Gasteiger partial charge in [0.05, 0.1) is 10.6 Å². The van der Waals surface area contributed by atoms with Gasteiger partial charge in [0.1, 0.15) is 11.4 Å². The fourth-order valence-electron chi connectivity index (χ4n) is 4.12. The minimum Gasteiger partial charge on any atom is -0.326 e. The van der Waals surface area contributed by atoms with Gasteiger partial charge in [0.2, 0.25) is 5.91 Å². The highest BCUT2D eigenvalue weighted by Gasteiger charge is 2.52. The number of carbonyl (C=O) groups excluding carboxylic acids is 3. The van der Waals surface area contributed by atoms with Gasteiger partial charge in [-0.25, -0.2) is 17.6 Å². The van der Waals surface area contributed by atoms with E-state index in [-0.39, 0.29) is 29.5 Å². The number of nitrogens with one attached hydrogen (secondary N) is 3. The smallest absolute Gasteiger partial charge is 0.325 e. The molecule has 1 spiro atoms. The maximum Gasteiger partial charge on any atom is 0.325 e. The molecule has 1 aliphatic carbocycles. The molecule has 1 aliphatic heterocycles. The van der Waals surface area contributed by atoms with E-state index in [1.807, 2.05) is 0 Å². The van der Waals surface area contributed by atoms with Gasteiger partial charge in [-0.2, -0.15) is 0 Å². The number of amides is 4. The van der Waals surface area contributed by atoms with Crippen LogP contribution < -0.4 is 15.4 Å². The fraction of sp³-hybridized carbons (Fsp3) is 0.318. The van der Waals surface area contributed by atoms with Crippen molar-refractivity contribution >= 4 is 39.2 Å². The highest BCUT2D eigenvalue weighted by atomic mass is 32.2. The van der Waals surface area contributed by atoms with Crippen molar-refractivity contribution in [3.63, 3.8) is 0 Å². The second-order valence-corrected chi connectivity index (χ2v) is 9.80. The van der Waals surface area contributed by atoms with Crippen LogP contribution in [-0.2, 0) is 19.6 Å². The lowest BCUT2D eigenvalue weighted by Gasteiger charge is -2.19. The van der Waals surface area contributed by atoms with Gasteiger partial charge in [0.15, 0.2) is 0 Å². The van der Waals surface area contributed by atoms with Crippen LogP contribution in [0.5, 0.6) is 0 Å². The summed E-state index contributed by atoms with van der Waals surface area (Å²) < 4.78 is 40.5. The predicted octanol–water partition coefficient (Wildman–Crippen LogP) is 2.82. The topological polar surface area (TPSA) is 125 Å². The van der Waals surface area contributed by atoms with Crippen molar-refractivity contribution in [2.45, 2.75) is 42.5 Å². The van der Waals surface area contributed by atoms with Crippen LogP contribution in [0, 0.1) is 5.82 Å². The molecule has 174 valence electrons. The molecule has 0 bridgehead atoms. The third-order valence-corrected chi connectivity index (χ3v) is 7.19. The Hall–Kier alpha value is -3.47. The molecule has 1 saturated carbocycles. The molecular weight excluding hydrogens is 451 g/mol. The average Bonchev–Trinajstić information content (AvgIpc) is 3.31.